The summed E-state index contributed by atoms with van der Waals surface area (Å²) in [6.07, 6.45) is 1.16. The van der Waals surface area contributed by atoms with E-state index in [2.05, 4.69) is 39.0 Å². The van der Waals surface area contributed by atoms with Gasteiger partial charge in [0, 0.05) is 6.54 Å². The SMILES string of the molecule is CCN(CC)CCCNCc1nonc1C. The van der Waals surface area contributed by atoms with Crippen molar-refractivity contribution in [3.05, 3.63) is 11.4 Å². The molecule has 1 aromatic rings. The third kappa shape index (κ3) is 4.28. The predicted molar refractivity (Wildman–Crippen MR) is 63.1 cm³/mol. The first-order valence-electron chi connectivity index (χ1n) is 5.99. The Morgan fingerprint density at radius 2 is 2.00 bits per heavy atom. The van der Waals surface area contributed by atoms with Crippen LogP contribution in [0, 0.1) is 6.92 Å². The van der Waals surface area contributed by atoms with Gasteiger partial charge in [-0.1, -0.05) is 24.2 Å². The van der Waals surface area contributed by atoms with Gasteiger partial charge in [-0.15, -0.1) is 0 Å². The Morgan fingerprint density at radius 3 is 2.56 bits per heavy atom. The molecule has 1 aromatic heterocycles. The Labute approximate surface area is 97.2 Å². The molecular formula is C11H22N4O. The number of hydrogen-bond acceptors (Lipinski definition) is 5. The lowest BCUT2D eigenvalue weighted by Gasteiger charge is -2.17. The van der Waals surface area contributed by atoms with Crippen LogP contribution in [0.5, 0.6) is 0 Å². The molecule has 0 aliphatic heterocycles. The highest BCUT2D eigenvalue weighted by atomic mass is 16.6. The molecule has 5 nitrogen and oxygen atoms in total. The molecule has 1 heterocycles. The molecule has 0 aliphatic carbocycles. The zero-order valence-electron chi connectivity index (χ0n) is 10.5. The lowest BCUT2D eigenvalue weighted by atomic mass is 10.3. The van der Waals surface area contributed by atoms with Gasteiger partial charge in [0.1, 0.15) is 11.4 Å². The van der Waals surface area contributed by atoms with Crippen molar-refractivity contribution in [3.8, 4) is 0 Å². The first kappa shape index (κ1) is 13.1. The van der Waals surface area contributed by atoms with E-state index in [1.807, 2.05) is 6.92 Å². The van der Waals surface area contributed by atoms with Gasteiger partial charge in [-0.3, -0.25) is 0 Å². The van der Waals surface area contributed by atoms with Gasteiger partial charge in [-0.25, -0.2) is 4.63 Å². The third-order valence-corrected chi connectivity index (χ3v) is 2.76. The minimum atomic E-state index is 0.744. The number of aromatic nitrogens is 2. The molecule has 16 heavy (non-hydrogen) atoms. The summed E-state index contributed by atoms with van der Waals surface area (Å²) in [5.41, 5.74) is 1.78. The van der Waals surface area contributed by atoms with Gasteiger partial charge in [0.25, 0.3) is 0 Å². The second-order valence-corrected chi connectivity index (χ2v) is 3.85. The van der Waals surface area contributed by atoms with Crippen LogP contribution in [0.3, 0.4) is 0 Å². The van der Waals surface area contributed by atoms with Crippen molar-refractivity contribution < 1.29 is 4.63 Å². The van der Waals surface area contributed by atoms with Crippen molar-refractivity contribution in [2.75, 3.05) is 26.2 Å². The third-order valence-electron chi connectivity index (χ3n) is 2.76. The Kier molecular flexibility index (Phi) is 6.03. The topological polar surface area (TPSA) is 54.2 Å². The number of rotatable bonds is 8. The Morgan fingerprint density at radius 1 is 1.25 bits per heavy atom. The summed E-state index contributed by atoms with van der Waals surface area (Å²) in [7, 11) is 0. The maximum atomic E-state index is 4.63. The summed E-state index contributed by atoms with van der Waals surface area (Å²) in [5.74, 6) is 0. The first-order valence-corrected chi connectivity index (χ1v) is 5.99. The summed E-state index contributed by atoms with van der Waals surface area (Å²) in [6.45, 7) is 11.4. The molecule has 0 radical (unpaired) electrons. The highest BCUT2D eigenvalue weighted by Gasteiger charge is 2.03. The molecule has 1 N–H and O–H groups in total. The largest absolute Gasteiger partial charge is 0.311 e. The molecule has 5 heteroatoms. The van der Waals surface area contributed by atoms with E-state index in [4.69, 9.17) is 0 Å². The van der Waals surface area contributed by atoms with Gasteiger partial charge in [0.05, 0.1) is 0 Å². The molecule has 1 rings (SSSR count). The Hall–Kier alpha value is -0.940. The Bertz CT molecular complexity index is 283. The monoisotopic (exact) mass is 226 g/mol. The summed E-state index contributed by atoms with van der Waals surface area (Å²) < 4.78 is 4.63. The quantitative estimate of drug-likeness (QED) is 0.675. The van der Waals surface area contributed by atoms with Crippen molar-refractivity contribution in [2.24, 2.45) is 0 Å². The zero-order chi connectivity index (χ0) is 11.8. The fourth-order valence-electron chi connectivity index (χ4n) is 1.58. The molecule has 0 bridgehead atoms. The molecule has 92 valence electrons. The number of nitrogens with one attached hydrogen (secondary N) is 1. The summed E-state index contributed by atoms with van der Waals surface area (Å²) >= 11 is 0. The van der Waals surface area contributed by atoms with Crippen molar-refractivity contribution in [1.82, 2.24) is 20.5 Å². The van der Waals surface area contributed by atoms with E-state index in [1.165, 1.54) is 0 Å². The summed E-state index contributed by atoms with van der Waals surface area (Å²) in [6, 6.07) is 0. The number of aryl methyl sites for hydroxylation is 1. The van der Waals surface area contributed by atoms with Crippen LogP contribution in [0.2, 0.25) is 0 Å². The van der Waals surface area contributed by atoms with Gasteiger partial charge in [-0.2, -0.15) is 0 Å². The molecule has 0 amide bonds. The van der Waals surface area contributed by atoms with E-state index in [9.17, 15) is 0 Å². The van der Waals surface area contributed by atoms with Gasteiger partial charge in [0.2, 0.25) is 0 Å². The maximum absolute atomic E-state index is 4.63. The van der Waals surface area contributed by atoms with Gasteiger partial charge >= 0.3 is 0 Å². The maximum Gasteiger partial charge on any atom is 0.121 e. The molecule has 0 spiro atoms. The molecule has 0 saturated carbocycles. The lowest BCUT2D eigenvalue weighted by Crippen LogP contribution is -2.27. The molecule has 0 aliphatic rings. The van der Waals surface area contributed by atoms with Crippen molar-refractivity contribution >= 4 is 0 Å². The van der Waals surface area contributed by atoms with Gasteiger partial charge in [0.15, 0.2) is 0 Å². The second kappa shape index (κ2) is 7.35. The fraction of sp³-hybridized carbons (Fsp3) is 0.818. The predicted octanol–water partition coefficient (Wildman–Crippen LogP) is 1.20. The normalized spacial score (nSPS) is 11.2. The van der Waals surface area contributed by atoms with E-state index < -0.39 is 0 Å². The van der Waals surface area contributed by atoms with Crippen LogP contribution < -0.4 is 5.32 Å². The first-order chi connectivity index (χ1) is 7.77. The highest BCUT2D eigenvalue weighted by molar-refractivity contribution is 5.03. The standard InChI is InChI=1S/C11H22N4O/c1-4-15(5-2)8-6-7-12-9-11-10(3)13-16-14-11/h12H,4-9H2,1-3H3. The summed E-state index contributed by atoms with van der Waals surface area (Å²) in [5, 5.41) is 10.9. The van der Waals surface area contributed by atoms with E-state index in [0.717, 1.165) is 50.5 Å². The summed E-state index contributed by atoms with van der Waals surface area (Å²) in [4.78, 5) is 2.42. The molecule has 0 saturated heterocycles. The van der Waals surface area contributed by atoms with Crippen LogP contribution in [-0.2, 0) is 6.54 Å². The van der Waals surface area contributed by atoms with Crippen LogP contribution in [0.15, 0.2) is 4.63 Å². The molecule has 0 unspecified atom stereocenters. The van der Waals surface area contributed by atoms with Crippen LogP contribution in [-0.4, -0.2) is 41.4 Å². The van der Waals surface area contributed by atoms with E-state index in [0.29, 0.717) is 0 Å². The molecular weight excluding hydrogens is 204 g/mol. The minimum absolute atomic E-state index is 0.744. The van der Waals surface area contributed by atoms with Crippen LogP contribution in [0.1, 0.15) is 31.7 Å². The molecule has 0 aromatic carbocycles. The number of nitrogens with zero attached hydrogens (tertiary/aromatic N) is 3. The average Bonchev–Trinajstić information content (AvgIpc) is 2.70. The van der Waals surface area contributed by atoms with Gasteiger partial charge < -0.3 is 10.2 Å². The Balaban J connectivity index is 2.06. The highest BCUT2D eigenvalue weighted by Crippen LogP contribution is 1.99. The number of hydrogen-bond donors (Lipinski definition) is 1. The second-order valence-electron chi connectivity index (χ2n) is 3.85. The van der Waals surface area contributed by atoms with Crippen molar-refractivity contribution in [1.29, 1.82) is 0 Å². The van der Waals surface area contributed by atoms with Crippen LogP contribution in [0.25, 0.3) is 0 Å². The van der Waals surface area contributed by atoms with E-state index in [1.54, 1.807) is 0 Å². The van der Waals surface area contributed by atoms with Gasteiger partial charge in [-0.05, 0) is 39.5 Å². The van der Waals surface area contributed by atoms with Crippen LogP contribution >= 0.6 is 0 Å². The average molecular weight is 226 g/mol. The zero-order valence-corrected chi connectivity index (χ0v) is 10.5. The van der Waals surface area contributed by atoms with E-state index >= 15 is 0 Å². The molecule has 0 atom stereocenters. The fourth-order valence-corrected chi connectivity index (χ4v) is 1.58. The minimum Gasteiger partial charge on any atom is -0.311 e. The van der Waals surface area contributed by atoms with Crippen molar-refractivity contribution in [3.63, 3.8) is 0 Å². The van der Waals surface area contributed by atoms with Crippen LogP contribution in [0.4, 0.5) is 0 Å². The van der Waals surface area contributed by atoms with E-state index in [-0.39, 0.29) is 0 Å². The smallest absolute Gasteiger partial charge is 0.121 e. The lowest BCUT2D eigenvalue weighted by molar-refractivity contribution is 0.295. The van der Waals surface area contributed by atoms with Crippen molar-refractivity contribution in [2.45, 2.75) is 33.7 Å². The molecule has 0 fully saturated rings.